The van der Waals surface area contributed by atoms with Gasteiger partial charge in [-0.1, -0.05) is 30.4 Å². The van der Waals surface area contributed by atoms with E-state index >= 15 is 0 Å². The second-order valence-electron chi connectivity index (χ2n) is 4.64. The van der Waals surface area contributed by atoms with Crippen LogP contribution in [0.4, 0.5) is 5.69 Å². The molecule has 8 heteroatoms. The Balaban J connectivity index is 2.27. The van der Waals surface area contributed by atoms with Crippen LogP contribution in [0.1, 0.15) is 6.42 Å². The van der Waals surface area contributed by atoms with Gasteiger partial charge < -0.3 is 10.5 Å². The number of hydrogen-bond donors (Lipinski definition) is 1. The number of nitrogens with zero attached hydrogens (tertiary/aromatic N) is 2. The SMILES string of the molecule is NC(=S)CCN(c1ccccc1)S(=O)(=O)N1CCOCC1. The largest absolute Gasteiger partial charge is 0.393 e. The molecule has 6 nitrogen and oxygen atoms in total. The van der Waals surface area contributed by atoms with Gasteiger partial charge in [-0.15, -0.1) is 0 Å². The second kappa shape index (κ2) is 7.17. The lowest BCUT2D eigenvalue weighted by atomic mass is 10.3. The Bertz CT molecular complexity index is 572. The van der Waals surface area contributed by atoms with Gasteiger partial charge in [-0.05, 0) is 12.1 Å². The highest BCUT2D eigenvalue weighted by Gasteiger charge is 2.31. The smallest absolute Gasteiger partial charge is 0.304 e. The van der Waals surface area contributed by atoms with Crippen molar-refractivity contribution in [1.29, 1.82) is 0 Å². The fourth-order valence-corrected chi connectivity index (χ4v) is 3.79. The van der Waals surface area contributed by atoms with Gasteiger partial charge in [-0.25, -0.2) is 0 Å². The van der Waals surface area contributed by atoms with Gasteiger partial charge in [0, 0.05) is 26.1 Å². The minimum absolute atomic E-state index is 0.235. The van der Waals surface area contributed by atoms with E-state index in [1.807, 2.05) is 6.07 Å². The van der Waals surface area contributed by atoms with Crippen LogP contribution in [-0.2, 0) is 14.9 Å². The van der Waals surface area contributed by atoms with E-state index in [0.29, 0.717) is 43.4 Å². The van der Waals surface area contributed by atoms with Gasteiger partial charge >= 0.3 is 10.2 Å². The van der Waals surface area contributed by atoms with Crippen LogP contribution in [-0.4, -0.2) is 50.6 Å². The number of para-hydroxylation sites is 1. The topological polar surface area (TPSA) is 75.9 Å². The fraction of sp³-hybridized carbons (Fsp3) is 0.462. The van der Waals surface area contributed by atoms with Gasteiger partial charge in [-0.3, -0.25) is 4.31 Å². The maximum atomic E-state index is 12.8. The van der Waals surface area contributed by atoms with Gasteiger partial charge in [-0.2, -0.15) is 12.7 Å². The van der Waals surface area contributed by atoms with Crippen molar-refractivity contribution in [2.24, 2.45) is 5.73 Å². The molecule has 0 amide bonds. The highest BCUT2D eigenvalue weighted by molar-refractivity contribution is 7.90. The highest BCUT2D eigenvalue weighted by Crippen LogP contribution is 2.21. The number of benzene rings is 1. The fourth-order valence-electron chi connectivity index (χ4n) is 2.10. The van der Waals surface area contributed by atoms with E-state index in [4.69, 9.17) is 22.7 Å². The molecule has 0 atom stereocenters. The van der Waals surface area contributed by atoms with Crippen LogP contribution in [0.15, 0.2) is 30.3 Å². The molecule has 1 aromatic rings. The van der Waals surface area contributed by atoms with Crippen molar-refractivity contribution in [2.75, 3.05) is 37.2 Å². The minimum atomic E-state index is -3.60. The summed E-state index contributed by atoms with van der Waals surface area (Å²) >= 11 is 4.87. The number of morpholine rings is 1. The number of ether oxygens (including phenoxy) is 1. The van der Waals surface area contributed by atoms with Crippen molar-refractivity contribution >= 4 is 33.1 Å². The molecule has 1 aromatic carbocycles. The summed E-state index contributed by atoms with van der Waals surface area (Å²) in [6.45, 7) is 1.78. The van der Waals surface area contributed by atoms with Gasteiger partial charge in [0.25, 0.3) is 0 Å². The summed E-state index contributed by atoms with van der Waals surface area (Å²) in [6, 6.07) is 8.97. The lowest BCUT2D eigenvalue weighted by Gasteiger charge is -2.33. The normalized spacial score (nSPS) is 16.6. The van der Waals surface area contributed by atoms with Crippen LogP contribution in [0.5, 0.6) is 0 Å². The Morgan fingerprint density at radius 1 is 1.29 bits per heavy atom. The number of rotatable bonds is 6. The summed E-state index contributed by atoms with van der Waals surface area (Å²) in [5.74, 6) is 0. The first-order valence-electron chi connectivity index (χ1n) is 6.71. The molecular weight excluding hydrogens is 310 g/mol. The standard InChI is InChI=1S/C13H19N3O3S2/c14-13(20)6-7-16(12-4-2-1-3-5-12)21(17,18)15-8-10-19-11-9-15/h1-5H,6-11H2,(H2,14,20). The summed E-state index contributed by atoms with van der Waals surface area (Å²) in [7, 11) is -3.60. The predicted octanol–water partition coefficient (Wildman–Crippen LogP) is 0.746. The van der Waals surface area contributed by atoms with Crippen molar-refractivity contribution in [1.82, 2.24) is 4.31 Å². The Morgan fingerprint density at radius 2 is 1.90 bits per heavy atom. The van der Waals surface area contributed by atoms with Crippen LogP contribution in [0.2, 0.25) is 0 Å². The van der Waals surface area contributed by atoms with E-state index in [0.717, 1.165) is 0 Å². The molecule has 0 aromatic heterocycles. The Kier molecular flexibility index (Phi) is 5.51. The van der Waals surface area contributed by atoms with Crippen LogP contribution >= 0.6 is 12.2 Å². The molecular formula is C13H19N3O3S2. The first-order chi connectivity index (χ1) is 10.0. The molecule has 2 rings (SSSR count). The number of nitrogens with two attached hydrogens (primary N) is 1. The average molecular weight is 329 g/mol. The van der Waals surface area contributed by atoms with E-state index < -0.39 is 10.2 Å². The predicted molar refractivity (Wildman–Crippen MR) is 86.5 cm³/mol. The van der Waals surface area contributed by atoms with Crippen LogP contribution < -0.4 is 10.0 Å². The number of thiocarbonyl (C=S) groups is 1. The molecule has 0 spiro atoms. The monoisotopic (exact) mass is 329 g/mol. The Morgan fingerprint density at radius 3 is 2.48 bits per heavy atom. The lowest BCUT2D eigenvalue weighted by molar-refractivity contribution is 0.0729. The summed E-state index contributed by atoms with van der Waals surface area (Å²) in [5.41, 5.74) is 6.13. The molecule has 1 aliphatic rings. The van der Waals surface area contributed by atoms with E-state index in [2.05, 4.69) is 0 Å². The molecule has 2 N–H and O–H groups in total. The van der Waals surface area contributed by atoms with Crippen LogP contribution in [0.3, 0.4) is 0 Å². The molecule has 0 radical (unpaired) electrons. The quantitative estimate of drug-likeness (QED) is 0.779. The van der Waals surface area contributed by atoms with E-state index in [9.17, 15) is 8.42 Å². The van der Waals surface area contributed by atoms with Crippen molar-refractivity contribution < 1.29 is 13.2 Å². The lowest BCUT2D eigenvalue weighted by Crippen LogP contribution is -2.49. The minimum Gasteiger partial charge on any atom is -0.393 e. The van der Waals surface area contributed by atoms with E-state index in [1.165, 1.54) is 8.61 Å². The molecule has 1 heterocycles. The second-order valence-corrected chi connectivity index (χ2v) is 7.02. The van der Waals surface area contributed by atoms with Crippen molar-refractivity contribution in [2.45, 2.75) is 6.42 Å². The van der Waals surface area contributed by atoms with E-state index in [-0.39, 0.29) is 6.54 Å². The average Bonchev–Trinajstić information content (AvgIpc) is 2.49. The van der Waals surface area contributed by atoms with Crippen LogP contribution in [0.25, 0.3) is 0 Å². The van der Waals surface area contributed by atoms with Crippen molar-refractivity contribution in [3.8, 4) is 0 Å². The molecule has 0 bridgehead atoms. The third-order valence-corrected chi connectivity index (χ3v) is 5.35. The third-order valence-electron chi connectivity index (χ3n) is 3.18. The molecule has 116 valence electrons. The summed E-state index contributed by atoms with van der Waals surface area (Å²) < 4.78 is 33.6. The van der Waals surface area contributed by atoms with Gasteiger partial charge in [0.2, 0.25) is 0 Å². The van der Waals surface area contributed by atoms with Gasteiger partial charge in [0.1, 0.15) is 0 Å². The maximum Gasteiger partial charge on any atom is 0.304 e. The Hall–Kier alpha value is -1.22. The Labute approximate surface area is 130 Å². The molecule has 1 fully saturated rings. The highest BCUT2D eigenvalue weighted by atomic mass is 32.2. The van der Waals surface area contributed by atoms with Crippen molar-refractivity contribution in [3.05, 3.63) is 30.3 Å². The summed E-state index contributed by atoms with van der Waals surface area (Å²) in [5, 5.41) is 0. The zero-order valence-electron chi connectivity index (χ0n) is 11.6. The first-order valence-corrected chi connectivity index (χ1v) is 8.51. The summed E-state index contributed by atoms with van der Waals surface area (Å²) in [4.78, 5) is 0.299. The van der Waals surface area contributed by atoms with Gasteiger partial charge in [0.05, 0.1) is 23.9 Å². The van der Waals surface area contributed by atoms with Gasteiger partial charge in [0.15, 0.2) is 0 Å². The van der Waals surface area contributed by atoms with E-state index in [1.54, 1.807) is 24.3 Å². The molecule has 0 saturated carbocycles. The number of anilines is 1. The zero-order chi connectivity index (χ0) is 15.3. The molecule has 1 saturated heterocycles. The first kappa shape index (κ1) is 16.2. The molecule has 0 aliphatic carbocycles. The molecule has 0 unspecified atom stereocenters. The summed E-state index contributed by atoms with van der Waals surface area (Å²) in [6.07, 6.45) is 0.341. The maximum absolute atomic E-state index is 12.8. The zero-order valence-corrected chi connectivity index (χ0v) is 13.3. The third kappa shape index (κ3) is 4.13. The molecule has 21 heavy (non-hydrogen) atoms. The van der Waals surface area contributed by atoms with Crippen LogP contribution in [0, 0.1) is 0 Å². The molecule has 1 aliphatic heterocycles. The van der Waals surface area contributed by atoms with Crippen molar-refractivity contribution in [3.63, 3.8) is 0 Å². The number of hydrogen-bond acceptors (Lipinski definition) is 4.